The first kappa shape index (κ1) is 18.3. The van der Waals surface area contributed by atoms with Crippen LogP contribution in [0.5, 0.6) is 0 Å². The zero-order valence-electron chi connectivity index (χ0n) is 15.5. The fourth-order valence-corrected chi connectivity index (χ4v) is 2.88. The molecule has 0 aliphatic heterocycles. The molecule has 5 heteroatoms. The Morgan fingerprint density at radius 3 is 2.04 bits per heavy atom. The average molecular weight is 357 g/mol. The topological polar surface area (TPSA) is 75.9 Å². The fraction of sp³-hybridized carbons (Fsp3) is 0.182. The second-order valence-electron chi connectivity index (χ2n) is 6.23. The van der Waals surface area contributed by atoms with Gasteiger partial charge < -0.3 is 4.74 Å². The predicted octanol–water partition coefficient (Wildman–Crippen LogP) is 4.01. The number of nitriles is 1. The summed E-state index contributed by atoms with van der Waals surface area (Å²) in [4.78, 5) is 20.2. The minimum Gasteiger partial charge on any atom is -0.469 e. The zero-order valence-corrected chi connectivity index (χ0v) is 15.5. The summed E-state index contributed by atoms with van der Waals surface area (Å²) in [7, 11) is 1.39. The van der Waals surface area contributed by atoms with Crippen molar-refractivity contribution in [2.75, 3.05) is 7.11 Å². The van der Waals surface area contributed by atoms with E-state index >= 15 is 0 Å². The molecule has 27 heavy (non-hydrogen) atoms. The minimum atomic E-state index is -0.251. The molecule has 0 saturated heterocycles. The molecule has 134 valence electrons. The molecule has 5 nitrogen and oxygen atoms in total. The van der Waals surface area contributed by atoms with E-state index in [0.717, 1.165) is 33.6 Å². The van der Waals surface area contributed by atoms with E-state index in [1.165, 1.54) is 7.11 Å². The summed E-state index contributed by atoms with van der Waals surface area (Å²) in [6, 6.07) is 17.9. The summed E-state index contributed by atoms with van der Waals surface area (Å²) in [5.74, 6) is -0.251. The van der Waals surface area contributed by atoms with Gasteiger partial charge in [-0.25, -0.2) is 4.98 Å². The summed E-state index contributed by atoms with van der Waals surface area (Å²) in [6.45, 7) is 3.68. The van der Waals surface area contributed by atoms with Crippen molar-refractivity contribution >= 4 is 5.97 Å². The number of methoxy groups -OCH3 is 1. The van der Waals surface area contributed by atoms with Crippen molar-refractivity contribution in [2.45, 2.75) is 20.3 Å². The number of ether oxygens (including phenoxy) is 1. The fourth-order valence-electron chi connectivity index (χ4n) is 2.88. The van der Waals surface area contributed by atoms with Gasteiger partial charge in [-0.05, 0) is 30.5 Å². The molecular formula is C22H19N3O2. The van der Waals surface area contributed by atoms with Gasteiger partial charge in [-0.2, -0.15) is 5.26 Å². The van der Waals surface area contributed by atoms with Gasteiger partial charge in [-0.3, -0.25) is 9.78 Å². The van der Waals surface area contributed by atoms with Gasteiger partial charge in [0.1, 0.15) is 6.07 Å². The van der Waals surface area contributed by atoms with E-state index in [-0.39, 0.29) is 12.4 Å². The minimum absolute atomic E-state index is 0.251. The Morgan fingerprint density at radius 2 is 1.48 bits per heavy atom. The van der Waals surface area contributed by atoms with Crippen molar-refractivity contribution in [3.63, 3.8) is 0 Å². The van der Waals surface area contributed by atoms with E-state index in [9.17, 15) is 10.1 Å². The first-order valence-electron chi connectivity index (χ1n) is 8.53. The Labute approximate surface area is 158 Å². The van der Waals surface area contributed by atoms with Crippen molar-refractivity contribution in [1.82, 2.24) is 9.97 Å². The van der Waals surface area contributed by atoms with Crippen LogP contribution in [-0.2, 0) is 16.0 Å². The molecule has 3 rings (SSSR count). The predicted molar refractivity (Wildman–Crippen MR) is 103 cm³/mol. The van der Waals surface area contributed by atoms with Gasteiger partial charge in [0.15, 0.2) is 5.69 Å². The summed E-state index contributed by atoms with van der Waals surface area (Å²) in [6.07, 6.45) is 0.266. The van der Waals surface area contributed by atoms with Gasteiger partial charge in [-0.15, -0.1) is 0 Å². The lowest BCUT2D eigenvalue weighted by molar-refractivity contribution is -0.139. The van der Waals surface area contributed by atoms with Crippen molar-refractivity contribution in [3.8, 4) is 28.5 Å². The molecule has 0 fully saturated rings. The highest BCUT2D eigenvalue weighted by molar-refractivity contribution is 5.73. The Bertz CT molecular complexity index is 1020. The van der Waals surface area contributed by atoms with Crippen molar-refractivity contribution in [2.24, 2.45) is 0 Å². The number of carbonyl (C=O) groups excluding carboxylic acids is 1. The third-order valence-corrected chi connectivity index (χ3v) is 4.37. The van der Waals surface area contributed by atoms with E-state index < -0.39 is 0 Å². The molecule has 0 atom stereocenters. The summed E-state index contributed by atoms with van der Waals surface area (Å²) < 4.78 is 4.69. The van der Waals surface area contributed by atoms with Gasteiger partial charge in [0.05, 0.1) is 30.6 Å². The van der Waals surface area contributed by atoms with Gasteiger partial charge in [0.2, 0.25) is 0 Å². The van der Waals surface area contributed by atoms with E-state index in [2.05, 4.69) is 20.8 Å². The maximum Gasteiger partial charge on any atom is 0.309 e. The molecule has 3 aromatic rings. The third-order valence-electron chi connectivity index (χ3n) is 4.37. The number of nitrogens with zero attached hydrogens (tertiary/aromatic N) is 3. The lowest BCUT2D eigenvalue weighted by atomic mass is 10.0. The smallest absolute Gasteiger partial charge is 0.309 e. The first-order valence-corrected chi connectivity index (χ1v) is 8.53. The van der Waals surface area contributed by atoms with E-state index in [0.29, 0.717) is 11.4 Å². The van der Waals surface area contributed by atoms with Crippen LogP contribution in [0.3, 0.4) is 0 Å². The van der Waals surface area contributed by atoms with Crippen LogP contribution in [0.2, 0.25) is 0 Å². The molecule has 0 amide bonds. The molecule has 0 saturated carbocycles. The Hall–Kier alpha value is -3.52. The van der Waals surface area contributed by atoms with E-state index in [4.69, 9.17) is 0 Å². The highest BCUT2D eigenvalue weighted by Gasteiger charge is 2.10. The van der Waals surface area contributed by atoms with Crippen LogP contribution in [-0.4, -0.2) is 23.0 Å². The largest absolute Gasteiger partial charge is 0.469 e. The maximum atomic E-state index is 11.3. The molecular weight excluding hydrogens is 338 g/mol. The number of hydrogen-bond donors (Lipinski definition) is 0. The number of aryl methyl sites for hydroxylation is 2. The van der Waals surface area contributed by atoms with Gasteiger partial charge in [-0.1, -0.05) is 48.5 Å². The van der Waals surface area contributed by atoms with Crippen LogP contribution < -0.4 is 0 Å². The monoisotopic (exact) mass is 357 g/mol. The van der Waals surface area contributed by atoms with Crippen molar-refractivity contribution in [3.05, 3.63) is 71.2 Å². The van der Waals surface area contributed by atoms with Crippen LogP contribution in [0, 0.1) is 25.2 Å². The summed E-state index contributed by atoms with van der Waals surface area (Å²) in [5.41, 5.74) is 6.45. The normalized spacial score (nSPS) is 10.3. The highest BCUT2D eigenvalue weighted by atomic mass is 16.5. The molecule has 1 heterocycles. The molecule has 0 N–H and O–H groups in total. The second kappa shape index (κ2) is 7.79. The first-order chi connectivity index (χ1) is 13.0. The van der Waals surface area contributed by atoms with Crippen LogP contribution in [0.4, 0.5) is 0 Å². The number of carbonyl (C=O) groups is 1. The van der Waals surface area contributed by atoms with Gasteiger partial charge in [0, 0.05) is 5.56 Å². The molecule has 0 unspecified atom stereocenters. The molecule has 0 bridgehead atoms. The summed E-state index contributed by atoms with van der Waals surface area (Å²) in [5, 5.41) is 9.18. The number of benzene rings is 2. The summed E-state index contributed by atoms with van der Waals surface area (Å²) >= 11 is 0. The molecule has 0 aliphatic carbocycles. The Kier molecular flexibility index (Phi) is 5.28. The van der Waals surface area contributed by atoms with Crippen molar-refractivity contribution in [1.29, 1.82) is 5.26 Å². The van der Waals surface area contributed by atoms with Crippen LogP contribution in [0.15, 0.2) is 48.5 Å². The zero-order chi connectivity index (χ0) is 19.4. The molecule has 0 radical (unpaired) electrons. The van der Waals surface area contributed by atoms with E-state index in [1.807, 2.05) is 55.5 Å². The SMILES string of the molecule is COC(=O)Cc1ccc(-c2ccc(-c3nc(C#N)c(C)nc3C)cc2)cc1. The molecule has 1 aromatic heterocycles. The number of esters is 1. The Balaban J connectivity index is 1.86. The lowest BCUT2D eigenvalue weighted by Crippen LogP contribution is -2.04. The maximum absolute atomic E-state index is 11.3. The van der Waals surface area contributed by atoms with Crippen LogP contribution in [0.25, 0.3) is 22.4 Å². The van der Waals surface area contributed by atoms with Gasteiger partial charge in [0.25, 0.3) is 0 Å². The average Bonchev–Trinajstić information content (AvgIpc) is 2.69. The van der Waals surface area contributed by atoms with Gasteiger partial charge >= 0.3 is 5.97 Å². The number of aromatic nitrogens is 2. The van der Waals surface area contributed by atoms with Crippen LogP contribution in [0.1, 0.15) is 22.6 Å². The standard InChI is InChI=1S/C22H19N3O2/c1-14-20(13-23)25-22(15(2)24-14)19-10-8-18(9-11-19)17-6-4-16(5-7-17)12-21(26)27-3/h4-11H,12H2,1-3H3. The highest BCUT2D eigenvalue weighted by Crippen LogP contribution is 2.26. The second-order valence-corrected chi connectivity index (χ2v) is 6.23. The third kappa shape index (κ3) is 4.01. The molecule has 0 spiro atoms. The quantitative estimate of drug-likeness (QED) is 0.659. The Morgan fingerprint density at radius 1 is 0.926 bits per heavy atom. The number of rotatable bonds is 4. The molecule has 2 aromatic carbocycles. The van der Waals surface area contributed by atoms with Crippen molar-refractivity contribution < 1.29 is 9.53 Å². The molecule has 0 aliphatic rings. The number of hydrogen-bond acceptors (Lipinski definition) is 5. The lowest BCUT2D eigenvalue weighted by Gasteiger charge is -2.09. The van der Waals surface area contributed by atoms with E-state index in [1.54, 1.807) is 6.92 Å². The van der Waals surface area contributed by atoms with Crippen LogP contribution >= 0.6 is 0 Å².